The predicted molar refractivity (Wildman–Crippen MR) is 52.1 cm³/mol. The molecule has 1 rings (SSSR count). The largest absolute Gasteiger partial charge is 0.494 e. The molecule has 0 aliphatic carbocycles. The van der Waals surface area contributed by atoms with Crippen molar-refractivity contribution < 1.29 is 9.53 Å². The monoisotopic (exact) mass is 193 g/mol. The number of nitrogens with two attached hydrogens (primary N) is 2. The molecular weight excluding hydrogens is 182 g/mol. The predicted octanol–water partition coefficient (Wildman–Crippen LogP) is -0.125. The number of hydrogen-bond acceptors (Lipinski definition) is 4. The third-order valence-corrected chi connectivity index (χ3v) is 1.68. The molecule has 1 aromatic heterocycles. The number of carbonyl (C=O) groups excluding carboxylic acids is 1. The standard InChI is InChI=1S/C9H11N3O2/c1-14-7-3-2-4-12-8(7)6(5-10)9(11)13/h2-5H,10H2,1H3,(H2,11,13)/b6-5+. The molecule has 74 valence electrons. The van der Waals surface area contributed by atoms with Crippen molar-refractivity contribution in [3.05, 3.63) is 30.2 Å². The Morgan fingerprint density at radius 3 is 2.86 bits per heavy atom. The zero-order chi connectivity index (χ0) is 10.6. The second kappa shape index (κ2) is 4.27. The van der Waals surface area contributed by atoms with Gasteiger partial charge in [-0.25, -0.2) is 0 Å². The van der Waals surface area contributed by atoms with Gasteiger partial charge in [-0.15, -0.1) is 0 Å². The Labute approximate surface area is 81.4 Å². The third kappa shape index (κ3) is 1.82. The molecule has 1 aromatic rings. The van der Waals surface area contributed by atoms with Crippen LogP contribution in [-0.4, -0.2) is 18.0 Å². The van der Waals surface area contributed by atoms with E-state index >= 15 is 0 Å². The lowest BCUT2D eigenvalue weighted by Crippen LogP contribution is -2.15. The highest BCUT2D eigenvalue weighted by molar-refractivity contribution is 6.18. The number of methoxy groups -OCH3 is 1. The maximum atomic E-state index is 11.0. The highest BCUT2D eigenvalue weighted by Crippen LogP contribution is 2.21. The van der Waals surface area contributed by atoms with E-state index in [1.54, 1.807) is 12.1 Å². The molecule has 1 heterocycles. The van der Waals surface area contributed by atoms with Gasteiger partial charge in [-0.1, -0.05) is 0 Å². The highest BCUT2D eigenvalue weighted by Gasteiger charge is 2.13. The van der Waals surface area contributed by atoms with Gasteiger partial charge in [0.25, 0.3) is 5.91 Å². The molecule has 14 heavy (non-hydrogen) atoms. The summed E-state index contributed by atoms with van der Waals surface area (Å²) in [6, 6.07) is 3.37. The SMILES string of the molecule is COc1cccnc1/C(=C\N)C(N)=O. The molecule has 0 radical (unpaired) electrons. The number of pyridine rings is 1. The van der Waals surface area contributed by atoms with Crippen molar-refractivity contribution in [1.29, 1.82) is 0 Å². The minimum atomic E-state index is -0.635. The van der Waals surface area contributed by atoms with Gasteiger partial charge in [0.1, 0.15) is 11.4 Å². The van der Waals surface area contributed by atoms with Crippen molar-refractivity contribution in [2.24, 2.45) is 11.5 Å². The minimum absolute atomic E-state index is 0.141. The number of primary amides is 1. The summed E-state index contributed by atoms with van der Waals surface area (Å²) >= 11 is 0. The van der Waals surface area contributed by atoms with E-state index in [1.165, 1.54) is 13.3 Å². The van der Waals surface area contributed by atoms with Gasteiger partial charge in [-0.05, 0) is 12.1 Å². The van der Waals surface area contributed by atoms with Crippen molar-refractivity contribution in [2.45, 2.75) is 0 Å². The molecule has 0 unspecified atom stereocenters. The first-order valence-corrected chi connectivity index (χ1v) is 3.91. The molecule has 5 heteroatoms. The van der Waals surface area contributed by atoms with Crippen molar-refractivity contribution >= 4 is 11.5 Å². The lowest BCUT2D eigenvalue weighted by atomic mass is 10.1. The third-order valence-electron chi connectivity index (χ3n) is 1.68. The number of carbonyl (C=O) groups is 1. The van der Waals surface area contributed by atoms with Crippen molar-refractivity contribution in [1.82, 2.24) is 4.98 Å². The molecule has 0 spiro atoms. The van der Waals surface area contributed by atoms with Crippen LogP contribution in [0.1, 0.15) is 5.69 Å². The van der Waals surface area contributed by atoms with E-state index < -0.39 is 5.91 Å². The zero-order valence-corrected chi connectivity index (χ0v) is 7.73. The van der Waals surface area contributed by atoms with Gasteiger partial charge >= 0.3 is 0 Å². The summed E-state index contributed by atoms with van der Waals surface area (Å²) in [5.74, 6) is -0.174. The number of ether oxygens (including phenoxy) is 1. The first kappa shape index (κ1) is 10.0. The van der Waals surface area contributed by atoms with Gasteiger partial charge in [-0.2, -0.15) is 0 Å². The first-order valence-electron chi connectivity index (χ1n) is 3.91. The molecule has 0 aliphatic rings. The zero-order valence-electron chi connectivity index (χ0n) is 7.73. The molecule has 0 fully saturated rings. The van der Waals surface area contributed by atoms with E-state index in [9.17, 15) is 4.79 Å². The van der Waals surface area contributed by atoms with Crippen LogP contribution < -0.4 is 16.2 Å². The summed E-state index contributed by atoms with van der Waals surface area (Å²) in [5, 5.41) is 0. The Balaban J connectivity index is 3.23. The van der Waals surface area contributed by atoms with Gasteiger partial charge in [0.15, 0.2) is 0 Å². The molecule has 0 aliphatic heterocycles. The van der Waals surface area contributed by atoms with Gasteiger partial charge in [0.2, 0.25) is 0 Å². The van der Waals surface area contributed by atoms with E-state index in [1.807, 2.05) is 0 Å². The average Bonchev–Trinajstić information content (AvgIpc) is 2.19. The Hall–Kier alpha value is -2.04. The van der Waals surface area contributed by atoms with Crippen LogP contribution in [0.4, 0.5) is 0 Å². The van der Waals surface area contributed by atoms with Crippen LogP contribution in [0, 0.1) is 0 Å². The van der Waals surface area contributed by atoms with Crippen molar-refractivity contribution in [3.63, 3.8) is 0 Å². The normalized spacial score (nSPS) is 11.1. The fourth-order valence-corrected chi connectivity index (χ4v) is 1.04. The highest BCUT2D eigenvalue weighted by atomic mass is 16.5. The fraction of sp³-hybridized carbons (Fsp3) is 0.111. The van der Waals surface area contributed by atoms with Crippen LogP contribution in [0.25, 0.3) is 5.57 Å². The van der Waals surface area contributed by atoms with E-state index in [2.05, 4.69) is 4.98 Å². The molecule has 0 atom stereocenters. The number of nitrogens with zero attached hydrogens (tertiary/aromatic N) is 1. The Morgan fingerprint density at radius 1 is 1.64 bits per heavy atom. The molecular formula is C9H11N3O2. The molecule has 1 amide bonds. The molecule has 0 saturated carbocycles. The number of hydrogen-bond donors (Lipinski definition) is 2. The number of aromatic nitrogens is 1. The van der Waals surface area contributed by atoms with Crippen LogP contribution in [0.3, 0.4) is 0 Å². The maximum absolute atomic E-state index is 11.0. The smallest absolute Gasteiger partial charge is 0.252 e. The number of rotatable bonds is 3. The van der Waals surface area contributed by atoms with Gasteiger partial charge in [0, 0.05) is 12.4 Å². The summed E-state index contributed by atoms with van der Waals surface area (Å²) in [6.45, 7) is 0. The van der Waals surface area contributed by atoms with Crippen LogP contribution in [0.2, 0.25) is 0 Å². The summed E-state index contributed by atoms with van der Waals surface area (Å²) in [4.78, 5) is 14.9. The molecule has 0 bridgehead atoms. The van der Waals surface area contributed by atoms with Crippen LogP contribution in [0.5, 0.6) is 5.75 Å². The molecule has 4 N–H and O–H groups in total. The van der Waals surface area contributed by atoms with Crippen LogP contribution in [-0.2, 0) is 4.79 Å². The Morgan fingerprint density at radius 2 is 2.36 bits per heavy atom. The topological polar surface area (TPSA) is 91.2 Å². The second-order valence-electron chi connectivity index (χ2n) is 2.50. The van der Waals surface area contributed by atoms with E-state index in [0.717, 1.165) is 6.20 Å². The van der Waals surface area contributed by atoms with Gasteiger partial charge in [-0.3, -0.25) is 9.78 Å². The van der Waals surface area contributed by atoms with E-state index in [-0.39, 0.29) is 5.57 Å². The minimum Gasteiger partial charge on any atom is -0.494 e. The lowest BCUT2D eigenvalue weighted by molar-refractivity contribution is -0.112. The molecule has 0 saturated heterocycles. The van der Waals surface area contributed by atoms with Crippen LogP contribution >= 0.6 is 0 Å². The van der Waals surface area contributed by atoms with E-state index in [4.69, 9.17) is 16.2 Å². The fourth-order valence-electron chi connectivity index (χ4n) is 1.04. The van der Waals surface area contributed by atoms with Gasteiger partial charge < -0.3 is 16.2 Å². The molecule has 0 aromatic carbocycles. The van der Waals surface area contributed by atoms with Gasteiger partial charge in [0.05, 0.1) is 12.7 Å². The summed E-state index contributed by atoms with van der Waals surface area (Å²) in [5.41, 5.74) is 10.9. The average molecular weight is 193 g/mol. The molecule has 5 nitrogen and oxygen atoms in total. The second-order valence-corrected chi connectivity index (χ2v) is 2.50. The quantitative estimate of drug-likeness (QED) is 0.654. The van der Waals surface area contributed by atoms with E-state index in [0.29, 0.717) is 11.4 Å². The lowest BCUT2D eigenvalue weighted by Gasteiger charge is -2.06. The summed E-state index contributed by atoms with van der Waals surface area (Å²) in [6.07, 6.45) is 2.65. The first-order chi connectivity index (χ1) is 6.70. The summed E-state index contributed by atoms with van der Waals surface area (Å²) in [7, 11) is 1.48. The number of amides is 1. The maximum Gasteiger partial charge on any atom is 0.252 e. The Bertz CT molecular complexity index is 374. The van der Waals surface area contributed by atoms with Crippen LogP contribution in [0.15, 0.2) is 24.5 Å². The van der Waals surface area contributed by atoms with Crippen molar-refractivity contribution in [2.75, 3.05) is 7.11 Å². The van der Waals surface area contributed by atoms with Crippen molar-refractivity contribution in [3.8, 4) is 5.75 Å². The Kier molecular flexibility index (Phi) is 3.06. The summed E-state index contributed by atoms with van der Waals surface area (Å²) < 4.78 is 5.01.